The molecule has 0 fully saturated rings. The SMILES string of the molecule is CCCN(C(=O)c1cc(OC)cc(OC)c1)c1nc(-c2ccc(C)cc2)cs1. The van der Waals surface area contributed by atoms with Gasteiger partial charge in [0.15, 0.2) is 5.13 Å². The maximum Gasteiger partial charge on any atom is 0.260 e. The number of hydrogen-bond acceptors (Lipinski definition) is 5. The van der Waals surface area contributed by atoms with E-state index in [9.17, 15) is 4.79 Å². The Balaban J connectivity index is 1.93. The molecule has 2 aromatic carbocycles. The highest BCUT2D eigenvalue weighted by Crippen LogP contribution is 2.30. The average Bonchev–Trinajstić information content (AvgIpc) is 3.21. The van der Waals surface area contributed by atoms with Crippen LogP contribution in [0.15, 0.2) is 47.8 Å². The molecule has 0 saturated heterocycles. The molecule has 6 heteroatoms. The highest BCUT2D eigenvalue weighted by atomic mass is 32.1. The third-order valence-corrected chi connectivity index (χ3v) is 5.22. The molecule has 0 saturated carbocycles. The molecule has 1 heterocycles. The molecule has 3 rings (SSSR count). The van der Waals surface area contributed by atoms with Crippen LogP contribution in [0.3, 0.4) is 0 Å². The van der Waals surface area contributed by atoms with Crippen LogP contribution >= 0.6 is 11.3 Å². The van der Waals surface area contributed by atoms with Crippen molar-refractivity contribution in [2.75, 3.05) is 25.7 Å². The van der Waals surface area contributed by atoms with Gasteiger partial charge in [0.1, 0.15) is 11.5 Å². The van der Waals surface area contributed by atoms with Gasteiger partial charge in [-0.3, -0.25) is 9.69 Å². The maximum atomic E-state index is 13.2. The predicted octanol–water partition coefficient (Wildman–Crippen LogP) is 5.19. The summed E-state index contributed by atoms with van der Waals surface area (Å²) in [6.07, 6.45) is 0.826. The number of amides is 1. The number of carbonyl (C=O) groups excluding carboxylic acids is 1. The Bertz CT molecular complexity index is 928. The second-order valence-electron chi connectivity index (χ2n) is 6.44. The van der Waals surface area contributed by atoms with Crippen LogP contribution < -0.4 is 14.4 Å². The van der Waals surface area contributed by atoms with Crippen molar-refractivity contribution in [3.63, 3.8) is 0 Å². The Morgan fingerprint density at radius 3 is 2.29 bits per heavy atom. The molecule has 0 aliphatic carbocycles. The molecule has 0 atom stereocenters. The van der Waals surface area contributed by atoms with E-state index < -0.39 is 0 Å². The van der Waals surface area contributed by atoms with Gasteiger partial charge in [-0.2, -0.15) is 0 Å². The molecule has 0 aliphatic heterocycles. The highest BCUT2D eigenvalue weighted by Gasteiger charge is 2.22. The van der Waals surface area contributed by atoms with Gasteiger partial charge in [0.05, 0.1) is 19.9 Å². The van der Waals surface area contributed by atoms with Gasteiger partial charge in [-0.05, 0) is 25.5 Å². The standard InChI is InChI=1S/C22H24N2O3S/c1-5-10-24(21(25)17-11-18(26-3)13-19(12-17)27-4)22-23-20(14-28-22)16-8-6-15(2)7-9-16/h6-9,11-14H,5,10H2,1-4H3. The number of aryl methyl sites for hydroxylation is 1. The number of thiazole rings is 1. The molecule has 5 nitrogen and oxygen atoms in total. The minimum absolute atomic E-state index is 0.121. The predicted molar refractivity (Wildman–Crippen MR) is 114 cm³/mol. The second kappa shape index (κ2) is 8.89. The number of aromatic nitrogens is 1. The summed E-state index contributed by atoms with van der Waals surface area (Å²) in [4.78, 5) is 19.7. The summed E-state index contributed by atoms with van der Waals surface area (Å²) >= 11 is 1.47. The average molecular weight is 397 g/mol. The molecule has 0 unspecified atom stereocenters. The lowest BCUT2D eigenvalue weighted by molar-refractivity contribution is 0.0986. The van der Waals surface area contributed by atoms with E-state index in [4.69, 9.17) is 14.5 Å². The van der Waals surface area contributed by atoms with Gasteiger partial charge in [0.2, 0.25) is 0 Å². The van der Waals surface area contributed by atoms with Crippen LogP contribution in [-0.4, -0.2) is 31.7 Å². The fraction of sp³-hybridized carbons (Fsp3) is 0.273. The molecule has 28 heavy (non-hydrogen) atoms. The molecule has 0 bridgehead atoms. The largest absolute Gasteiger partial charge is 0.497 e. The maximum absolute atomic E-state index is 13.2. The van der Waals surface area contributed by atoms with Crippen LogP contribution in [0.5, 0.6) is 11.5 Å². The summed E-state index contributed by atoms with van der Waals surface area (Å²) in [5.41, 5.74) is 3.63. The summed E-state index contributed by atoms with van der Waals surface area (Å²) in [7, 11) is 3.14. The molecule has 146 valence electrons. The molecule has 3 aromatic rings. The molecule has 0 aliphatic rings. The topological polar surface area (TPSA) is 51.7 Å². The first-order chi connectivity index (χ1) is 13.5. The molecule has 0 radical (unpaired) electrons. The quantitative estimate of drug-likeness (QED) is 0.551. The van der Waals surface area contributed by atoms with Gasteiger partial charge < -0.3 is 9.47 Å². The van der Waals surface area contributed by atoms with Gasteiger partial charge in [-0.1, -0.05) is 36.8 Å². The van der Waals surface area contributed by atoms with Crippen molar-refractivity contribution in [3.05, 3.63) is 59.0 Å². The third kappa shape index (κ3) is 4.34. The van der Waals surface area contributed by atoms with E-state index in [0.717, 1.165) is 17.7 Å². The Hall–Kier alpha value is -2.86. The smallest absolute Gasteiger partial charge is 0.260 e. The van der Waals surface area contributed by atoms with Gasteiger partial charge in [0.25, 0.3) is 5.91 Å². The van der Waals surface area contributed by atoms with Crippen LogP contribution in [0.25, 0.3) is 11.3 Å². The van der Waals surface area contributed by atoms with Crippen LogP contribution in [0.4, 0.5) is 5.13 Å². The van der Waals surface area contributed by atoms with Crippen molar-refractivity contribution in [1.82, 2.24) is 4.98 Å². The summed E-state index contributed by atoms with van der Waals surface area (Å²) < 4.78 is 10.6. The first kappa shape index (κ1) is 19.9. The van der Waals surface area contributed by atoms with Crippen molar-refractivity contribution in [2.24, 2.45) is 0 Å². The lowest BCUT2D eigenvalue weighted by Gasteiger charge is -2.20. The van der Waals surface area contributed by atoms with Crippen molar-refractivity contribution in [1.29, 1.82) is 0 Å². The van der Waals surface area contributed by atoms with Crippen molar-refractivity contribution < 1.29 is 14.3 Å². The molecule has 0 spiro atoms. The Morgan fingerprint density at radius 1 is 1.07 bits per heavy atom. The number of carbonyl (C=O) groups is 1. The fourth-order valence-electron chi connectivity index (χ4n) is 2.84. The molecule has 1 aromatic heterocycles. The van der Waals surface area contributed by atoms with Crippen LogP contribution in [-0.2, 0) is 0 Å². The summed E-state index contributed by atoms with van der Waals surface area (Å²) in [6.45, 7) is 4.68. The summed E-state index contributed by atoms with van der Waals surface area (Å²) in [6, 6.07) is 13.4. The number of benzene rings is 2. The minimum Gasteiger partial charge on any atom is -0.497 e. The first-order valence-corrected chi connectivity index (χ1v) is 10.0. The Kier molecular flexibility index (Phi) is 6.31. The number of anilines is 1. The van der Waals surface area contributed by atoms with Gasteiger partial charge in [-0.25, -0.2) is 4.98 Å². The van der Waals surface area contributed by atoms with E-state index in [-0.39, 0.29) is 5.91 Å². The van der Waals surface area contributed by atoms with Crippen LogP contribution in [0.2, 0.25) is 0 Å². The normalized spacial score (nSPS) is 10.6. The van der Waals surface area contributed by atoms with Crippen molar-refractivity contribution >= 4 is 22.4 Å². The first-order valence-electron chi connectivity index (χ1n) is 9.13. The molecular formula is C22H24N2O3S. The lowest BCUT2D eigenvalue weighted by Crippen LogP contribution is -2.31. The molecular weight excluding hydrogens is 372 g/mol. The zero-order valence-corrected chi connectivity index (χ0v) is 17.4. The van der Waals surface area contributed by atoms with Crippen LogP contribution in [0.1, 0.15) is 29.3 Å². The number of rotatable bonds is 7. The minimum atomic E-state index is -0.121. The Labute approximate surface area is 169 Å². The summed E-state index contributed by atoms with van der Waals surface area (Å²) in [5.74, 6) is 1.04. The Morgan fingerprint density at radius 2 is 1.71 bits per heavy atom. The van der Waals surface area contributed by atoms with E-state index in [2.05, 4.69) is 19.1 Å². The monoisotopic (exact) mass is 396 g/mol. The van der Waals surface area contributed by atoms with Gasteiger partial charge in [0, 0.05) is 29.1 Å². The van der Waals surface area contributed by atoms with E-state index >= 15 is 0 Å². The lowest BCUT2D eigenvalue weighted by atomic mass is 10.1. The number of hydrogen-bond donors (Lipinski definition) is 0. The van der Waals surface area contributed by atoms with Gasteiger partial charge in [-0.15, -0.1) is 11.3 Å². The second-order valence-corrected chi connectivity index (χ2v) is 7.28. The van der Waals surface area contributed by atoms with Gasteiger partial charge >= 0.3 is 0 Å². The highest BCUT2D eigenvalue weighted by molar-refractivity contribution is 7.14. The number of ether oxygens (including phenoxy) is 2. The fourth-order valence-corrected chi connectivity index (χ4v) is 3.70. The zero-order valence-electron chi connectivity index (χ0n) is 16.6. The van der Waals surface area contributed by atoms with Crippen molar-refractivity contribution in [3.8, 4) is 22.8 Å². The molecule has 0 N–H and O–H groups in total. The van der Waals surface area contributed by atoms with E-state index in [0.29, 0.717) is 28.7 Å². The van der Waals surface area contributed by atoms with E-state index in [1.165, 1.54) is 16.9 Å². The number of methoxy groups -OCH3 is 2. The summed E-state index contributed by atoms with van der Waals surface area (Å²) in [5, 5.41) is 2.67. The van der Waals surface area contributed by atoms with Crippen molar-refractivity contribution in [2.45, 2.75) is 20.3 Å². The zero-order chi connectivity index (χ0) is 20.1. The number of nitrogens with zero attached hydrogens (tertiary/aromatic N) is 2. The van der Waals surface area contributed by atoms with Crippen LogP contribution in [0, 0.1) is 6.92 Å². The third-order valence-electron chi connectivity index (χ3n) is 4.36. The van der Waals surface area contributed by atoms with E-state index in [1.54, 1.807) is 37.3 Å². The van der Waals surface area contributed by atoms with E-state index in [1.807, 2.05) is 24.4 Å². The molecule has 1 amide bonds.